The lowest BCUT2D eigenvalue weighted by Gasteiger charge is -2.07. The standard InChI is InChI=1S/C9H11ClO2/c10-7-8-3-1-2-4-9(8)12-6-5-11/h1-4,11H,5-7H2. The molecule has 1 aromatic carbocycles. The normalized spacial score (nSPS) is 9.83. The van der Waals surface area contributed by atoms with Gasteiger partial charge in [0.15, 0.2) is 0 Å². The molecule has 0 aliphatic heterocycles. The summed E-state index contributed by atoms with van der Waals surface area (Å²) >= 11 is 5.67. The van der Waals surface area contributed by atoms with Gasteiger partial charge in [-0.25, -0.2) is 0 Å². The molecule has 1 aromatic rings. The van der Waals surface area contributed by atoms with E-state index in [1.54, 1.807) is 0 Å². The summed E-state index contributed by atoms with van der Waals surface area (Å²) in [6.45, 7) is 0.338. The van der Waals surface area contributed by atoms with Crippen molar-refractivity contribution >= 4 is 11.6 Å². The van der Waals surface area contributed by atoms with Crippen LogP contribution in [0.5, 0.6) is 5.75 Å². The highest BCUT2D eigenvalue weighted by Gasteiger charge is 1.99. The highest BCUT2D eigenvalue weighted by Crippen LogP contribution is 2.19. The van der Waals surface area contributed by atoms with Gasteiger partial charge in [0.2, 0.25) is 0 Å². The third kappa shape index (κ3) is 2.40. The minimum absolute atomic E-state index is 0.0244. The van der Waals surface area contributed by atoms with Crippen LogP contribution in [0.3, 0.4) is 0 Å². The largest absolute Gasteiger partial charge is 0.491 e. The number of alkyl halides is 1. The monoisotopic (exact) mass is 186 g/mol. The molecule has 0 spiro atoms. The first-order valence-corrected chi connectivity index (χ1v) is 4.29. The molecule has 0 bridgehead atoms. The van der Waals surface area contributed by atoms with Crippen LogP contribution in [0, 0.1) is 0 Å². The first-order valence-electron chi connectivity index (χ1n) is 3.76. The molecule has 1 rings (SSSR count). The van der Waals surface area contributed by atoms with Gasteiger partial charge in [0.25, 0.3) is 0 Å². The van der Waals surface area contributed by atoms with Gasteiger partial charge in [0.05, 0.1) is 12.5 Å². The van der Waals surface area contributed by atoms with E-state index < -0.39 is 0 Å². The molecule has 0 radical (unpaired) electrons. The minimum Gasteiger partial charge on any atom is -0.491 e. The summed E-state index contributed by atoms with van der Waals surface area (Å²) in [5.74, 6) is 1.18. The van der Waals surface area contributed by atoms with Crippen LogP contribution in [-0.4, -0.2) is 18.3 Å². The molecule has 0 aromatic heterocycles. The smallest absolute Gasteiger partial charge is 0.123 e. The Labute approximate surface area is 76.7 Å². The Kier molecular flexibility index (Phi) is 3.91. The van der Waals surface area contributed by atoms with E-state index in [-0.39, 0.29) is 6.61 Å². The van der Waals surface area contributed by atoms with E-state index in [1.165, 1.54) is 0 Å². The van der Waals surface area contributed by atoms with Gasteiger partial charge >= 0.3 is 0 Å². The van der Waals surface area contributed by atoms with E-state index in [9.17, 15) is 0 Å². The van der Waals surface area contributed by atoms with Crippen molar-refractivity contribution in [1.82, 2.24) is 0 Å². The summed E-state index contributed by atoms with van der Waals surface area (Å²) in [7, 11) is 0. The van der Waals surface area contributed by atoms with E-state index in [0.29, 0.717) is 12.5 Å². The predicted octanol–water partition coefficient (Wildman–Crippen LogP) is 1.80. The lowest BCUT2D eigenvalue weighted by Crippen LogP contribution is -2.02. The van der Waals surface area contributed by atoms with Crippen molar-refractivity contribution < 1.29 is 9.84 Å². The van der Waals surface area contributed by atoms with Crippen LogP contribution in [0.2, 0.25) is 0 Å². The van der Waals surface area contributed by atoms with E-state index in [0.717, 1.165) is 11.3 Å². The number of ether oxygens (including phenoxy) is 1. The fourth-order valence-corrected chi connectivity index (χ4v) is 1.13. The molecule has 0 amide bonds. The number of aliphatic hydroxyl groups is 1. The van der Waals surface area contributed by atoms with Crippen LogP contribution in [0.15, 0.2) is 24.3 Å². The maximum atomic E-state index is 8.53. The Hall–Kier alpha value is -0.730. The Morgan fingerprint density at radius 3 is 2.75 bits per heavy atom. The summed E-state index contributed by atoms with van der Waals surface area (Å²) in [5.41, 5.74) is 0.951. The van der Waals surface area contributed by atoms with Crippen molar-refractivity contribution in [2.24, 2.45) is 0 Å². The maximum Gasteiger partial charge on any atom is 0.123 e. The Morgan fingerprint density at radius 1 is 1.33 bits per heavy atom. The first-order chi connectivity index (χ1) is 5.88. The lowest BCUT2D eigenvalue weighted by molar-refractivity contribution is 0.200. The SMILES string of the molecule is OCCOc1ccccc1CCl. The molecule has 12 heavy (non-hydrogen) atoms. The molecule has 0 fully saturated rings. The maximum absolute atomic E-state index is 8.53. The number of benzene rings is 1. The zero-order chi connectivity index (χ0) is 8.81. The first kappa shape index (κ1) is 9.36. The fraction of sp³-hybridized carbons (Fsp3) is 0.333. The van der Waals surface area contributed by atoms with Gasteiger partial charge in [0, 0.05) is 5.56 Å². The summed E-state index contributed by atoms with van der Waals surface area (Å²) in [6, 6.07) is 7.53. The van der Waals surface area contributed by atoms with E-state index >= 15 is 0 Å². The Morgan fingerprint density at radius 2 is 2.08 bits per heavy atom. The van der Waals surface area contributed by atoms with Gasteiger partial charge in [-0.2, -0.15) is 0 Å². The quantitative estimate of drug-likeness (QED) is 0.727. The van der Waals surface area contributed by atoms with Crippen LogP contribution in [-0.2, 0) is 5.88 Å². The number of halogens is 1. The third-order valence-electron chi connectivity index (χ3n) is 1.47. The van der Waals surface area contributed by atoms with Crippen molar-refractivity contribution in [2.45, 2.75) is 5.88 Å². The van der Waals surface area contributed by atoms with E-state index in [4.69, 9.17) is 21.4 Å². The van der Waals surface area contributed by atoms with E-state index in [2.05, 4.69) is 0 Å². The second-order valence-electron chi connectivity index (χ2n) is 2.31. The van der Waals surface area contributed by atoms with Gasteiger partial charge in [0.1, 0.15) is 12.4 Å². The molecule has 0 heterocycles. The van der Waals surface area contributed by atoms with Crippen LogP contribution < -0.4 is 4.74 Å². The molecule has 3 heteroatoms. The minimum atomic E-state index is 0.0244. The van der Waals surface area contributed by atoms with Crippen molar-refractivity contribution in [2.75, 3.05) is 13.2 Å². The average Bonchev–Trinajstić information content (AvgIpc) is 2.15. The molecule has 2 nitrogen and oxygen atoms in total. The van der Waals surface area contributed by atoms with Gasteiger partial charge < -0.3 is 9.84 Å². The predicted molar refractivity (Wildman–Crippen MR) is 48.6 cm³/mol. The van der Waals surface area contributed by atoms with Crippen molar-refractivity contribution in [3.8, 4) is 5.75 Å². The number of hydrogen-bond donors (Lipinski definition) is 1. The summed E-state index contributed by atoms with van der Waals surface area (Å²) in [4.78, 5) is 0. The highest BCUT2D eigenvalue weighted by molar-refractivity contribution is 6.17. The second kappa shape index (κ2) is 5.01. The molecule has 0 unspecified atom stereocenters. The van der Waals surface area contributed by atoms with Crippen molar-refractivity contribution in [3.63, 3.8) is 0 Å². The molecular formula is C9H11ClO2. The van der Waals surface area contributed by atoms with Gasteiger partial charge in [-0.1, -0.05) is 18.2 Å². The molecule has 1 N–H and O–H groups in total. The lowest BCUT2D eigenvalue weighted by atomic mass is 10.2. The van der Waals surface area contributed by atoms with Crippen LogP contribution in [0.1, 0.15) is 5.56 Å². The number of rotatable bonds is 4. The number of hydrogen-bond acceptors (Lipinski definition) is 2. The summed E-state index contributed by atoms with van der Waals surface area (Å²) in [5, 5.41) is 8.53. The van der Waals surface area contributed by atoms with E-state index in [1.807, 2.05) is 24.3 Å². The summed E-state index contributed by atoms with van der Waals surface area (Å²) < 4.78 is 5.24. The molecule has 66 valence electrons. The Balaban J connectivity index is 2.68. The highest BCUT2D eigenvalue weighted by atomic mass is 35.5. The molecule has 0 atom stereocenters. The number of aliphatic hydroxyl groups excluding tert-OH is 1. The molecule has 0 saturated carbocycles. The molecule has 0 aliphatic rings. The zero-order valence-electron chi connectivity index (χ0n) is 6.66. The second-order valence-corrected chi connectivity index (χ2v) is 2.58. The summed E-state index contributed by atoms with van der Waals surface area (Å²) in [6.07, 6.45) is 0. The van der Waals surface area contributed by atoms with Gasteiger partial charge in [-0.3, -0.25) is 0 Å². The third-order valence-corrected chi connectivity index (χ3v) is 1.75. The Bertz CT molecular complexity index is 238. The molecule has 0 aliphatic carbocycles. The van der Waals surface area contributed by atoms with Gasteiger partial charge in [-0.05, 0) is 6.07 Å². The molecule has 0 saturated heterocycles. The van der Waals surface area contributed by atoms with Crippen LogP contribution >= 0.6 is 11.6 Å². The van der Waals surface area contributed by atoms with Crippen molar-refractivity contribution in [3.05, 3.63) is 29.8 Å². The zero-order valence-corrected chi connectivity index (χ0v) is 7.42. The molecular weight excluding hydrogens is 176 g/mol. The fourth-order valence-electron chi connectivity index (χ4n) is 0.911. The van der Waals surface area contributed by atoms with Crippen LogP contribution in [0.4, 0.5) is 0 Å². The number of para-hydroxylation sites is 1. The average molecular weight is 187 g/mol. The van der Waals surface area contributed by atoms with Crippen LogP contribution in [0.25, 0.3) is 0 Å². The topological polar surface area (TPSA) is 29.5 Å². The van der Waals surface area contributed by atoms with Crippen molar-refractivity contribution in [1.29, 1.82) is 0 Å². The van der Waals surface area contributed by atoms with Gasteiger partial charge in [-0.15, -0.1) is 11.6 Å².